The molecule has 86 valence electrons. The Labute approximate surface area is 97.4 Å². The van der Waals surface area contributed by atoms with E-state index in [0.717, 1.165) is 0 Å². The van der Waals surface area contributed by atoms with Crippen LogP contribution >= 0.6 is 11.6 Å². The molecule has 1 aromatic rings. The number of carbonyl (C=O) groups excluding carboxylic acids is 1. The highest BCUT2D eigenvalue weighted by atomic mass is 35.5. The first-order chi connectivity index (χ1) is 7.59. The second kappa shape index (κ2) is 4.39. The summed E-state index contributed by atoms with van der Waals surface area (Å²) >= 11 is 5.79. The summed E-state index contributed by atoms with van der Waals surface area (Å²) in [6.07, 6.45) is 0.00662. The molecule has 1 aliphatic heterocycles. The van der Waals surface area contributed by atoms with E-state index in [0.29, 0.717) is 13.0 Å². The van der Waals surface area contributed by atoms with E-state index in [9.17, 15) is 14.3 Å². The number of amides is 1. The first-order valence-corrected chi connectivity index (χ1v) is 5.38. The fraction of sp³-hybridized carbons (Fsp3) is 0.364. The van der Waals surface area contributed by atoms with Gasteiger partial charge in [-0.1, -0.05) is 17.7 Å². The first kappa shape index (κ1) is 11.4. The Hall–Kier alpha value is -1.13. The van der Waals surface area contributed by atoms with Crippen molar-refractivity contribution in [2.24, 2.45) is 0 Å². The Balaban J connectivity index is 2.27. The summed E-state index contributed by atoms with van der Waals surface area (Å²) in [5.41, 5.74) is -0.113. The smallest absolute Gasteiger partial charge is 0.258 e. The standard InChI is InChI=1S/C11H11ClFNO2/c12-8-2-1-3-9(13)10(8)11(16)14-5-4-7(15)6-14/h1-3,7,15H,4-6H2/t7-/m1/s1. The number of hydrogen-bond acceptors (Lipinski definition) is 2. The topological polar surface area (TPSA) is 40.5 Å². The normalized spacial score (nSPS) is 20.2. The van der Waals surface area contributed by atoms with Crippen LogP contribution in [0.3, 0.4) is 0 Å². The minimum atomic E-state index is -0.626. The minimum absolute atomic E-state index is 0.103. The summed E-state index contributed by atoms with van der Waals surface area (Å²) in [6.45, 7) is 0.675. The molecule has 1 atom stereocenters. The highest BCUT2D eigenvalue weighted by Crippen LogP contribution is 2.22. The number of likely N-dealkylation sites (tertiary alicyclic amines) is 1. The Bertz CT molecular complexity index is 404. The van der Waals surface area contributed by atoms with Crippen LogP contribution in [0.1, 0.15) is 16.8 Å². The lowest BCUT2D eigenvalue weighted by molar-refractivity contribution is 0.0760. The molecule has 3 nitrogen and oxygen atoms in total. The molecule has 1 aliphatic rings. The molecule has 1 amide bonds. The van der Waals surface area contributed by atoms with Crippen molar-refractivity contribution in [3.8, 4) is 0 Å². The Morgan fingerprint density at radius 1 is 1.56 bits per heavy atom. The van der Waals surface area contributed by atoms with Crippen LogP contribution in [0.2, 0.25) is 5.02 Å². The number of aliphatic hydroxyl groups excluding tert-OH is 1. The van der Waals surface area contributed by atoms with E-state index in [2.05, 4.69) is 0 Å². The van der Waals surface area contributed by atoms with Crippen LogP contribution < -0.4 is 0 Å². The molecule has 2 rings (SSSR count). The largest absolute Gasteiger partial charge is 0.391 e. The van der Waals surface area contributed by atoms with Gasteiger partial charge in [-0.3, -0.25) is 4.79 Å². The zero-order chi connectivity index (χ0) is 11.7. The SMILES string of the molecule is O=C(c1c(F)cccc1Cl)N1CC[C@@H](O)C1. The van der Waals surface area contributed by atoms with Gasteiger partial charge in [-0.2, -0.15) is 0 Å². The summed E-state index contributed by atoms with van der Waals surface area (Å²) in [5, 5.41) is 9.42. The summed E-state index contributed by atoms with van der Waals surface area (Å²) in [7, 11) is 0. The van der Waals surface area contributed by atoms with Crippen LogP contribution in [0.4, 0.5) is 4.39 Å². The van der Waals surface area contributed by atoms with E-state index >= 15 is 0 Å². The van der Waals surface area contributed by atoms with Gasteiger partial charge in [0.1, 0.15) is 5.82 Å². The molecule has 1 saturated heterocycles. The van der Waals surface area contributed by atoms with Crippen LogP contribution in [-0.2, 0) is 0 Å². The molecule has 0 unspecified atom stereocenters. The number of aliphatic hydroxyl groups is 1. The van der Waals surface area contributed by atoms with Gasteiger partial charge in [0, 0.05) is 13.1 Å². The van der Waals surface area contributed by atoms with Crippen LogP contribution in [0.5, 0.6) is 0 Å². The first-order valence-electron chi connectivity index (χ1n) is 5.01. The van der Waals surface area contributed by atoms with E-state index in [1.54, 1.807) is 0 Å². The second-order valence-electron chi connectivity index (χ2n) is 3.79. The van der Waals surface area contributed by atoms with Gasteiger partial charge in [0.2, 0.25) is 0 Å². The third kappa shape index (κ3) is 2.03. The Morgan fingerprint density at radius 2 is 2.31 bits per heavy atom. The zero-order valence-electron chi connectivity index (χ0n) is 8.49. The third-order valence-electron chi connectivity index (χ3n) is 2.63. The molecule has 1 aromatic carbocycles. The number of carbonyl (C=O) groups is 1. The number of nitrogens with zero attached hydrogens (tertiary/aromatic N) is 1. The fourth-order valence-corrected chi connectivity index (χ4v) is 2.03. The molecule has 1 N–H and O–H groups in total. The average Bonchev–Trinajstić information content (AvgIpc) is 2.64. The molecule has 0 aliphatic carbocycles. The van der Waals surface area contributed by atoms with E-state index in [1.165, 1.54) is 23.1 Å². The van der Waals surface area contributed by atoms with Crippen molar-refractivity contribution < 1.29 is 14.3 Å². The summed E-state index contributed by atoms with van der Waals surface area (Å²) < 4.78 is 13.5. The maximum absolute atomic E-state index is 13.5. The molecular weight excluding hydrogens is 233 g/mol. The van der Waals surface area contributed by atoms with Crippen LogP contribution in [-0.4, -0.2) is 35.1 Å². The van der Waals surface area contributed by atoms with E-state index in [1.807, 2.05) is 0 Å². The van der Waals surface area contributed by atoms with Crippen molar-refractivity contribution in [2.75, 3.05) is 13.1 Å². The van der Waals surface area contributed by atoms with Crippen molar-refractivity contribution >= 4 is 17.5 Å². The van der Waals surface area contributed by atoms with E-state index in [4.69, 9.17) is 11.6 Å². The molecule has 5 heteroatoms. The fourth-order valence-electron chi connectivity index (χ4n) is 1.79. The summed E-state index contributed by atoms with van der Waals surface area (Å²) in [6, 6.07) is 4.13. The van der Waals surface area contributed by atoms with E-state index < -0.39 is 17.8 Å². The minimum Gasteiger partial charge on any atom is -0.391 e. The van der Waals surface area contributed by atoms with Crippen molar-refractivity contribution in [2.45, 2.75) is 12.5 Å². The molecule has 1 fully saturated rings. The lowest BCUT2D eigenvalue weighted by atomic mass is 10.2. The molecule has 0 spiro atoms. The maximum Gasteiger partial charge on any atom is 0.258 e. The lowest BCUT2D eigenvalue weighted by Gasteiger charge is -2.16. The van der Waals surface area contributed by atoms with Gasteiger partial charge < -0.3 is 10.0 Å². The molecule has 16 heavy (non-hydrogen) atoms. The number of hydrogen-bond donors (Lipinski definition) is 1. The second-order valence-corrected chi connectivity index (χ2v) is 4.20. The highest BCUT2D eigenvalue weighted by Gasteiger charge is 2.28. The monoisotopic (exact) mass is 243 g/mol. The van der Waals surface area contributed by atoms with Gasteiger partial charge in [-0.15, -0.1) is 0 Å². The van der Waals surface area contributed by atoms with Crippen molar-refractivity contribution in [3.63, 3.8) is 0 Å². The zero-order valence-corrected chi connectivity index (χ0v) is 9.25. The van der Waals surface area contributed by atoms with Gasteiger partial charge >= 0.3 is 0 Å². The van der Waals surface area contributed by atoms with E-state index in [-0.39, 0.29) is 17.1 Å². The number of β-amino-alcohol motifs (C(OH)–C–C–N with tert-alkyl or cyclic N) is 1. The van der Waals surface area contributed by atoms with Gasteiger partial charge in [-0.25, -0.2) is 4.39 Å². The number of benzene rings is 1. The van der Waals surface area contributed by atoms with Crippen LogP contribution in [0.25, 0.3) is 0 Å². The molecule has 0 saturated carbocycles. The number of rotatable bonds is 1. The Morgan fingerprint density at radius 3 is 2.88 bits per heavy atom. The van der Waals surface area contributed by atoms with Crippen LogP contribution in [0, 0.1) is 5.82 Å². The van der Waals surface area contributed by atoms with Crippen molar-refractivity contribution in [3.05, 3.63) is 34.6 Å². The molecule has 0 aromatic heterocycles. The summed E-state index contributed by atoms with van der Waals surface area (Å²) in [4.78, 5) is 13.3. The molecule has 0 bridgehead atoms. The number of halogens is 2. The van der Waals surface area contributed by atoms with Gasteiger partial charge in [0.15, 0.2) is 0 Å². The molecule has 1 heterocycles. The predicted octanol–water partition coefficient (Wildman–Crippen LogP) is 1.69. The van der Waals surface area contributed by atoms with Crippen molar-refractivity contribution in [1.29, 1.82) is 0 Å². The summed E-state index contributed by atoms with van der Waals surface area (Å²) in [5.74, 6) is -1.08. The van der Waals surface area contributed by atoms with Gasteiger partial charge in [0.25, 0.3) is 5.91 Å². The lowest BCUT2D eigenvalue weighted by Crippen LogP contribution is -2.30. The Kier molecular flexibility index (Phi) is 3.12. The van der Waals surface area contributed by atoms with Crippen molar-refractivity contribution in [1.82, 2.24) is 4.90 Å². The van der Waals surface area contributed by atoms with Crippen LogP contribution in [0.15, 0.2) is 18.2 Å². The van der Waals surface area contributed by atoms with Gasteiger partial charge in [-0.05, 0) is 18.6 Å². The maximum atomic E-state index is 13.5. The average molecular weight is 244 g/mol. The highest BCUT2D eigenvalue weighted by molar-refractivity contribution is 6.33. The van der Waals surface area contributed by atoms with Gasteiger partial charge in [0.05, 0.1) is 16.7 Å². The molecular formula is C11H11ClFNO2. The molecule has 0 radical (unpaired) electrons. The quantitative estimate of drug-likeness (QED) is 0.815. The third-order valence-corrected chi connectivity index (χ3v) is 2.94. The predicted molar refractivity (Wildman–Crippen MR) is 57.9 cm³/mol.